The Morgan fingerprint density at radius 1 is 0.350 bits per heavy atom. The fourth-order valence-corrected chi connectivity index (χ4v) is 2.70. The van der Waals surface area contributed by atoms with Crippen LogP contribution in [0.25, 0.3) is 0 Å². The van der Waals surface area contributed by atoms with Gasteiger partial charge in [0.15, 0.2) is 0 Å². The number of hydrogen-bond acceptors (Lipinski definition) is 6. The van der Waals surface area contributed by atoms with Crippen LogP contribution < -0.4 is 0 Å². The molecule has 28 heteroatoms. The van der Waals surface area contributed by atoms with Gasteiger partial charge >= 0.3 is 44.2 Å². The first-order valence-corrected chi connectivity index (χ1v) is 8.96. The van der Waals surface area contributed by atoms with Crippen LogP contribution in [-0.4, -0.2) is 51.1 Å². The van der Waals surface area contributed by atoms with Crippen molar-refractivity contribution < 1.29 is 79.0 Å². The van der Waals surface area contributed by atoms with Crippen molar-refractivity contribution in [2.75, 3.05) is 0 Å². The highest BCUT2D eigenvalue weighted by molar-refractivity contribution is 6.53. The maximum atomic E-state index is 13.5. The largest absolute Gasteiger partial charge is 0.574 e. The number of halogens is 18. The average Bonchev–Trinajstić information content (AvgIpc) is 3.42. The Kier molecular flexibility index (Phi) is 6.82. The van der Waals surface area contributed by atoms with E-state index < -0.39 is 92.9 Å². The summed E-state index contributed by atoms with van der Waals surface area (Å²) in [5.41, 5.74) is 0. The standard InChI is InChI=1S/C12BF18N9/c14-7(15,16)1-32-4(10(23,24)25)38(35-1)13(39-5(11(26,27)28)33-2(36-39)8(17,18)19)40-6(12(29,30)31)34-3(37-40)9(20,21)22. The van der Waals surface area contributed by atoms with Crippen molar-refractivity contribution in [3.05, 3.63) is 34.9 Å². The normalized spacial score (nSPS) is 14.2. The molecular formula is C12BF18N9. The number of rotatable bonds is 3. The topological polar surface area (TPSA) is 92.1 Å². The highest BCUT2D eigenvalue weighted by Gasteiger charge is 2.55. The lowest BCUT2D eigenvalue weighted by molar-refractivity contribution is -0.151. The summed E-state index contributed by atoms with van der Waals surface area (Å²) >= 11 is 0. The third-order valence-electron chi connectivity index (χ3n) is 4.07. The Morgan fingerprint density at radius 3 is 0.700 bits per heavy atom. The van der Waals surface area contributed by atoms with Crippen LogP contribution in [0.1, 0.15) is 34.9 Å². The molecule has 3 aromatic rings. The van der Waals surface area contributed by atoms with Gasteiger partial charge in [0, 0.05) is 0 Å². The third kappa shape index (κ3) is 5.87. The van der Waals surface area contributed by atoms with Crippen molar-refractivity contribution in [2.45, 2.75) is 37.1 Å². The van der Waals surface area contributed by atoms with E-state index in [1.807, 2.05) is 15.0 Å². The van der Waals surface area contributed by atoms with Gasteiger partial charge in [0.1, 0.15) is 0 Å². The monoisotopic (exact) mass is 623 g/mol. The average molecular weight is 623 g/mol. The van der Waals surface area contributed by atoms with E-state index >= 15 is 0 Å². The Hall–Kier alpha value is -3.78. The first-order valence-electron chi connectivity index (χ1n) is 8.96. The van der Waals surface area contributed by atoms with E-state index in [4.69, 9.17) is 0 Å². The third-order valence-corrected chi connectivity index (χ3v) is 4.07. The van der Waals surface area contributed by atoms with Crippen LogP contribution >= 0.6 is 0 Å². The molecule has 0 amide bonds. The van der Waals surface area contributed by atoms with Crippen molar-refractivity contribution in [1.82, 2.24) is 44.0 Å². The van der Waals surface area contributed by atoms with Gasteiger partial charge in [-0.2, -0.15) is 109 Å². The predicted molar refractivity (Wildman–Crippen MR) is 82.0 cm³/mol. The van der Waals surface area contributed by atoms with Crippen LogP contribution in [0.3, 0.4) is 0 Å². The molecule has 0 atom stereocenters. The second-order valence-electron chi connectivity index (χ2n) is 6.94. The quantitative estimate of drug-likeness (QED) is 0.316. The van der Waals surface area contributed by atoms with Crippen LogP contribution in [0.4, 0.5) is 79.0 Å². The van der Waals surface area contributed by atoms with Gasteiger partial charge in [-0.15, -0.1) is 0 Å². The van der Waals surface area contributed by atoms with Gasteiger partial charge in [-0.05, 0) is 0 Å². The summed E-state index contributed by atoms with van der Waals surface area (Å²) < 4.78 is 235. The second-order valence-corrected chi connectivity index (χ2v) is 6.94. The molecule has 0 saturated heterocycles. The Bertz CT molecular complexity index is 1210. The summed E-state index contributed by atoms with van der Waals surface area (Å²) in [5, 5.41) is 6.23. The minimum atomic E-state index is -6.30. The second kappa shape index (κ2) is 8.86. The summed E-state index contributed by atoms with van der Waals surface area (Å²) in [6, 6.07) is 0. The number of aromatic nitrogens is 9. The molecule has 40 heavy (non-hydrogen) atoms. The Labute approximate surface area is 203 Å². The summed E-state index contributed by atoms with van der Waals surface area (Å²) in [4.78, 5) is 5.67. The first kappa shape index (κ1) is 30.8. The van der Waals surface area contributed by atoms with Crippen molar-refractivity contribution >= 4 is 7.12 Å². The van der Waals surface area contributed by atoms with Crippen molar-refractivity contribution in [3.8, 4) is 0 Å². The summed E-state index contributed by atoms with van der Waals surface area (Å²) in [6.45, 7) is 0. The minimum Gasteiger partial charge on any atom is -0.239 e. The smallest absolute Gasteiger partial charge is 0.239 e. The van der Waals surface area contributed by atoms with Crippen LogP contribution in [-0.2, 0) is 37.1 Å². The van der Waals surface area contributed by atoms with E-state index in [9.17, 15) is 79.0 Å². The molecule has 3 aromatic heterocycles. The van der Waals surface area contributed by atoms with Gasteiger partial charge in [-0.1, -0.05) is 0 Å². The Morgan fingerprint density at radius 2 is 0.550 bits per heavy atom. The zero-order chi connectivity index (χ0) is 31.0. The van der Waals surface area contributed by atoms with E-state index in [1.54, 1.807) is 0 Å². The molecule has 0 aliphatic rings. The molecule has 0 aliphatic carbocycles. The number of nitrogens with zero attached hydrogens (tertiary/aromatic N) is 9. The molecule has 0 bridgehead atoms. The number of alkyl halides is 18. The molecule has 3 rings (SSSR count). The van der Waals surface area contributed by atoms with E-state index in [1.165, 1.54) is 0 Å². The molecule has 0 fully saturated rings. The molecule has 0 N–H and O–H groups in total. The van der Waals surface area contributed by atoms with Crippen molar-refractivity contribution in [3.63, 3.8) is 0 Å². The van der Waals surface area contributed by atoms with Crippen LogP contribution in [0.2, 0.25) is 0 Å². The lowest BCUT2D eigenvalue weighted by atomic mass is 9.93. The summed E-state index contributed by atoms with van der Waals surface area (Å²) in [7, 11) is -4.25. The maximum absolute atomic E-state index is 13.5. The maximum Gasteiger partial charge on any atom is 0.574 e. The van der Waals surface area contributed by atoms with Crippen LogP contribution in [0.5, 0.6) is 0 Å². The van der Waals surface area contributed by atoms with Crippen LogP contribution in [0, 0.1) is 0 Å². The molecule has 0 saturated carbocycles. The molecule has 3 heterocycles. The molecule has 0 unspecified atom stereocenters. The van der Waals surface area contributed by atoms with E-state index in [0.717, 1.165) is 0 Å². The molecular weight excluding hydrogens is 623 g/mol. The fraction of sp³-hybridized carbons (Fsp3) is 0.500. The summed E-state index contributed by atoms with van der Waals surface area (Å²) in [6.07, 6.45) is -37.0. The van der Waals surface area contributed by atoms with Gasteiger partial charge in [0.25, 0.3) is 17.5 Å². The van der Waals surface area contributed by atoms with Crippen LogP contribution in [0.15, 0.2) is 0 Å². The van der Waals surface area contributed by atoms with E-state index in [-0.39, 0.29) is 0 Å². The van der Waals surface area contributed by atoms with Gasteiger partial charge in [0.2, 0.25) is 17.5 Å². The van der Waals surface area contributed by atoms with Crippen molar-refractivity contribution in [1.29, 1.82) is 0 Å². The minimum absolute atomic E-state index is 1.56. The van der Waals surface area contributed by atoms with E-state index in [2.05, 4.69) is 15.3 Å². The number of hydrogen-bond donors (Lipinski definition) is 0. The van der Waals surface area contributed by atoms with E-state index in [0.29, 0.717) is 0 Å². The highest BCUT2D eigenvalue weighted by Crippen LogP contribution is 2.38. The molecule has 0 aliphatic heterocycles. The first-order chi connectivity index (χ1) is 17.6. The lowest BCUT2D eigenvalue weighted by Crippen LogP contribution is -2.49. The molecule has 222 valence electrons. The van der Waals surface area contributed by atoms with Gasteiger partial charge in [0.05, 0.1) is 0 Å². The molecule has 9 nitrogen and oxygen atoms in total. The summed E-state index contributed by atoms with van der Waals surface area (Å²) in [5.74, 6) is -18.3. The van der Waals surface area contributed by atoms with Gasteiger partial charge in [-0.25, -0.2) is 13.8 Å². The zero-order valence-corrected chi connectivity index (χ0v) is 17.4. The SMILES string of the molecule is FC(F)(F)c1nc(C(F)(F)F)n(B(n2nc(C(F)(F)F)nc2C(F)(F)F)n2nc(C(F)(F)F)nc2C(F)(F)F)n1. The van der Waals surface area contributed by atoms with Gasteiger partial charge in [-0.3, -0.25) is 0 Å². The lowest BCUT2D eigenvalue weighted by Gasteiger charge is -2.20. The zero-order valence-electron chi connectivity index (χ0n) is 17.4. The predicted octanol–water partition coefficient (Wildman–Crippen LogP) is 4.50. The molecule has 0 radical (unpaired) electrons. The molecule has 0 aromatic carbocycles. The fourth-order valence-electron chi connectivity index (χ4n) is 2.70. The van der Waals surface area contributed by atoms with Crippen molar-refractivity contribution in [2.24, 2.45) is 0 Å². The highest BCUT2D eigenvalue weighted by atomic mass is 19.4. The molecule has 0 spiro atoms. The Balaban J connectivity index is 2.60. The van der Waals surface area contributed by atoms with Gasteiger partial charge < -0.3 is 0 Å².